The average Bonchev–Trinajstić information content (AvgIpc) is 3.04. The minimum atomic E-state index is 0.182. The van der Waals surface area contributed by atoms with E-state index in [1.807, 2.05) is 30.3 Å². The lowest BCUT2D eigenvalue weighted by molar-refractivity contribution is 0.318. The third-order valence-electron chi connectivity index (χ3n) is 4.15. The summed E-state index contributed by atoms with van der Waals surface area (Å²) in [6.45, 7) is 4.95. The van der Waals surface area contributed by atoms with Crippen LogP contribution in [0.1, 0.15) is 45.1 Å². The van der Waals surface area contributed by atoms with E-state index in [1.54, 1.807) is 6.07 Å². The molecule has 1 aromatic heterocycles. The van der Waals surface area contributed by atoms with Crippen molar-refractivity contribution in [3.8, 4) is 17.2 Å². The van der Waals surface area contributed by atoms with E-state index in [0.29, 0.717) is 12.3 Å². The maximum absolute atomic E-state index is 10.2. The molecule has 1 heterocycles. The van der Waals surface area contributed by atoms with Crippen molar-refractivity contribution in [2.45, 2.75) is 46.0 Å². The van der Waals surface area contributed by atoms with E-state index in [4.69, 9.17) is 4.74 Å². The molecule has 0 bridgehead atoms. The molecule has 0 unspecified atom stereocenters. The summed E-state index contributed by atoms with van der Waals surface area (Å²) in [5.74, 6) is 0.973. The Morgan fingerprint density at radius 2 is 1.80 bits per heavy atom. The molecular formula is C20H25N3O2. The van der Waals surface area contributed by atoms with Gasteiger partial charge >= 0.3 is 0 Å². The first kappa shape index (κ1) is 17.3. The molecule has 25 heavy (non-hydrogen) atoms. The predicted molar refractivity (Wildman–Crippen MR) is 99.5 cm³/mol. The Bertz CT molecular complexity index is 842. The van der Waals surface area contributed by atoms with Gasteiger partial charge in [-0.25, -0.2) is 0 Å². The van der Waals surface area contributed by atoms with Crippen LogP contribution in [0, 0.1) is 0 Å². The van der Waals surface area contributed by atoms with Gasteiger partial charge in [0.2, 0.25) is 0 Å². The summed E-state index contributed by atoms with van der Waals surface area (Å²) >= 11 is 0. The highest BCUT2D eigenvalue weighted by Gasteiger charge is 2.11. The van der Waals surface area contributed by atoms with Crippen LogP contribution >= 0.6 is 0 Å². The van der Waals surface area contributed by atoms with Gasteiger partial charge in [0.1, 0.15) is 28.2 Å². The van der Waals surface area contributed by atoms with Crippen LogP contribution in [0.4, 0.5) is 0 Å². The lowest BCUT2D eigenvalue weighted by atomic mass is 10.1. The number of aromatic hydroxyl groups is 1. The molecule has 0 amide bonds. The molecule has 0 aliphatic carbocycles. The van der Waals surface area contributed by atoms with Crippen molar-refractivity contribution in [3.63, 3.8) is 0 Å². The predicted octanol–water partition coefficient (Wildman–Crippen LogP) is 4.65. The fourth-order valence-corrected chi connectivity index (χ4v) is 2.78. The molecule has 3 rings (SSSR count). The number of aryl methyl sites for hydroxylation is 1. The van der Waals surface area contributed by atoms with E-state index in [-0.39, 0.29) is 5.75 Å². The quantitative estimate of drug-likeness (QED) is 0.607. The minimum absolute atomic E-state index is 0.182. The number of phenols is 1. The largest absolute Gasteiger partial charge is 0.506 e. The van der Waals surface area contributed by atoms with Crippen molar-refractivity contribution in [1.82, 2.24) is 15.0 Å². The highest BCUT2D eigenvalue weighted by Crippen LogP contribution is 2.25. The van der Waals surface area contributed by atoms with Crippen molar-refractivity contribution < 1.29 is 9.84 Å². The number of hydrogen-bond donors (Lipinski definition) is 1. The molecule has 132 valence electrons. The molecule has 1 N–H and O–H groups in total. The summed E-state index contributed by atoms with van der Waals surface area (Å²) in [5.41, 5.74) is 3.33. The average molecular weight is 339 g/mol. The van der Waals surface area contributed by atoms with Gasteiger partial charge < -0.3 is 9.84 Å². The summed E-state index contributed by atoms with van der Waals surface area (Å²) in [7, 11) is 0. The Kier molecular flexibility index (Phi) is 5.53. The van der Waals surface area contributed by atoms with Gasteiger partial charge in [0.05, 0.1) is 6.61 Å². The van der Waals surface area contributed by atoms with Gasteiger partial charge in [-0.2, -0.15) is 0 Å². The van der Waals surface area contributed by atoms with Gasteiger partial charge in [0.15, 0.2) is 0 Å². The van der Waals surface area contributed by atoms with E-state index in [9.17, 15) is 5.11 Å². The number of unbranched alkanes of at least 4 members (excludes halogenated alkanes) is 2. The van der Waals surface area contributed by atoms with Crippen LogP contribution in [-0.2, 0) is 6.42 Å². The molecule has 0 saturated carbocycles. The van der Waals surface area contributed by atoms with Gasteiger partial charge in [0.25, 0.3) is 0 Å². The second-order valence-corrected chi connectivity index (χ2v) is 6.27. The number of fused-ring (bicyclic) bond motifs is 1. The molecule has 0 radical (unpaired) electrons. The molecule has 0 saturated heterocycles. The second-order valence-electron chi connectivity index (χ2n) is 6.27. The molecule has 5 nitrogen and oxygen atoms in total. The number of rotatable bonds is 8. The van der Waals surface area contributed by atoms with Gasteiger partial charge in [0, 0.05) is 6.07 Å². The second kappa shape index (κ2) is 8.01. The number of nitrogens with zero attached hydrogens (tertiary/aromatic N) is 3. The van der Waals surface area contributed by atoms with Crippen molar-refractivity contribution >= 4 is 11.0 Å². The number of benzene rings is 2. The smallest absolute Gasteiger partial charge is 0.143 e. The van der Waals surface area contributed by atoms with Gasteiger partial charge in [-0.1, -0.05) is 32.8 Å². The molecule has 0 aliphatic rings. The van der Waals surface area contributed by atoms with E-state index in [2.05, 4.69) is 24.0 Å². The maximum atomic E-state index is 10.2. The van der Waals surface area contributed by atoms with Crippen LogP contribution in [-0.4, -0.2) is 26.7 Å². The van der Waals surface area contributed by atoms with Crippen LogP contribution in [0.3, 0.4) is 0 Å². The molecule has 0 aliphatic heterocycles. The van der Waals surface area contributed by atoms with Gasteiger partial charge in [-0.3, -0.25) is 0 Å². The van der Waals surface area contributed by atoms with Crippen molar-refractivity contribution in [3.05, 3.63) is 42.0 Å². The van der Waals surface area contributed by atoms with E-state index < -0.39 is 0 Å². The van der Waals surface area contributed by atoms with Gasteiger partial charge in [-0.15, -0.1) is 15.0 Å². The Balaban J connectivity index is 1.88. The molecule has 0 fully saturated rings. The van der Waals surface area contributed by atoms with Crippen molar-refractivity contribution in [2.75, 3.05) is 6.61 Å². The Hall–Kier alpha value is -2.56. The Morgan fingerprint density at radius 1 is 0.960 bits per heavy atom. The molecule has 0 spiro atoms. The number of ether oxygens (including phenoxy) is 1. The zero-order valence-corrected chi connectivity index (χ0v) is 14.9. The highest BCUT2D eigenvalue weighted by atomic mass is 16.5. The number of aromatic nitrogens is 3. The maximum Gasteiger partial charge on any atom is 0.143 e. The fraction of sp³-hybridized carbons (Fsp3) is 0.400. The fourth-order valence-electron chi connectivity index (χ4n) is 2.78. The first-order valence-corrected chi connectivity index (χ1v) is 9.03. The zero-order chi connectivity index (χ0) is 17.6. The van der Waals surface area contributed by atoms with Crippen LogP contribution < -0.4 is 4.74 Å². The van der Waals surface area contributed by atoms with Gasteiger partial charge in [-0.05, 0) is 49.1 Å². The molecule has 2 aromatic carbocycles. The topological polar surface area (TPSA) is 60.2 Å². The van der Waals surface area contributed by atoms with E-state index in [0.717, 1.165) is 36.0 Å². The zero-order valence-electron chi connectivity index (χ0n) is 14.9. The summed E-state index contributed by atoms with van der Waals surface area (Å²) in [6.07, 6.45) is 5.51. The van der Waals surface area contributed by atoms with Crippen LogP contribution in [0.15, 0.2) is 36.4 Å². The molecule has 0 atom stereocenters. The highest BCUT2D eigenvalue weighted by molar-refractivity contribution is 5.75. The molecule has 3 aromatic rings. The third kappa shape index (κ3) is 4.10. The number of hydrogen-bond acceptors (Lipinski definition) is 4. The van der Waals surface area contributed by atoms with E-state index >= 15 is 0 Å². The lowest BCUT2D eigenvalue weighted by Gasteiger charge is -2.06. The third-order valence-corrected chi connectivity index (χ3v) is 4.15. The first-order valence-electron chi connectivity index (χ1n) is 9.03. The van der Waals surface area contributed by atoms with Crippen molar-refractivity contribution in [1.29, 1.82) is 0 Å². The Morgan fingerprint density at radius 3 is 2.60 bits per heavy atom. The minimum Gasteiger partial charge on any atom is -0.506 e. The summed E-state index contributed by atoms with van der Waals surface area (Å²) < 4.78 is 5.65. The summed E-state index contributed by atoms with van der Waals surface area (Å²) in [6, 6.07) is 11.3. The van der Waals surface area contributed by atoms with Crippen LogP contribution in [0.25, 0.3) is 16.7 Å². The first-order chi connectivity index (χ1) is 12.2. The molecule has 5 heteroatoms. The standard InChI is InChI=1S/C20H25N3O2/c1-3-5-6-7-15-8-11-20(24)19(13-15)23-21-17-10-9-16(25-12-4-2)14-18(17)22-23/h8-11,13-14,24H,3-7,12H2,1-2H3. The molecular weight excluding hydrogens is 314 g/mol. The monoisotopic (exact) mass is 339 g/mol. The summed E-state index contributed by atoms with van der Waals surface area (Å²) in [5, 5.41) is 19.2. The van der Waals surface area contributed by atoms with Crippen LogP contribution in [0.5, 0.6) is 11.5 Å². The Labute approximate surface area is 148 Å². The number of phenolic OH excluding ortho intramolecular Hbond substituents is 1. The van der Waals surface area contributed by atoms with E-state index in [1.165, 1.54) is 23.2 Å². The van der Waals surface area contributed by atoms with Crippen molar-refractivity contribution in [2.24, 2.45) is 0 Å². The summed E-state index contributed by atoms with van der Waals surface area (Å²) in [4.78, 5) is 1.51. The van der Waals surface area contributed by atoms with Crippen LogP contribution in [0.2, 0.25) is 0 Å². The SMILES string of the molecule is CCCCCc1ccc(O)c(-n2nc3ccc(OCCC)cc3n2)c1. The lowest BCUT2D eigenvalue weighted by Crippen LogP contribution is -2.00. The normalized spacial score (nSPS) is 11.1.